The predicted molar refractivity (Wildman–Crippen MR) is 97.8 cm³/mol. The highest BCUT2D eigenvalue weighted by Gasteiger charge is 2.22. The number of rotatable bonds is 6. The van der Waals surface area contributed by atoms with Crippen LogP contribution in [0.15, 0.2) is 36.5 Å². The lowest BCUT2D eigenvalue weighted by Gasteiger charge is -2.33. The smallest absolute Gasteiger partial charge is 0.239 e. The van der Waals surface area contributed by atoms with E-state index in [0.29, 0.717) is 39.3 Å². The van der Waals surface area contributed by atoms with Crippen LogP contribution >= 0.6 is 0 Å². The molecule has 0 bridgehead atoms. The fourth-order valence-electron chi connectivity index (χ4n) is 3.13. The molecule has 1 aliphatic rings. The van der Waals surface area contributed by atoms with Gasteiger partial charge in [0.1, 0.15) is 6.54 Å². The number of carbonyl (C=O) groups is 1. The molecule has 7 nitrogen and oxygen atoms in total. The minimum Gasteiger partial charge on any atom is -0.353 e. The maximum atomic E-state index is 12.1. The Kier molecular flexibility index (Phi) is 5.41. The van der Waals surface area contributed by atoms with E-state index in [1.165, 1.54) is 10.6 Å². The third-order valence-corrected chi connectivity index (χ3v) is 5.85. The molecule has 0 aliphatic carbocycles. The number of hydrogen-bond acceptors (Lipinski definition) is 4. The summed E-state index contributed by atoms with van der Waals surface area (Å²) in [6.45, 7) is 4.03. The van der Waals surface area contributed by atoms with Crippen molar-refractivity contribution in [3.8, 4) is 0 Å². The van der Waals surface area contributed by atoms with Gasteiger partial charge in [0.25, 0.3) is 0 Å². The van der Waals surface area contributed by atoms with Gasteiger partial charge >= 0.3 is 0 Å². The van der Waals surface area contributed by atoms with Gasteiger partial charge in [-0.05, 0) is 17.5 Å². The third-order valence-electron chi connectivity index (χ3n) is 4.54. The molecule has 2 heterocycles. The van der Waals surface area contributed by atoms with Gasteiger partial charge in [0.2, 0.25) is 15.9 Å². The molecule has 0 spiro atoms. The van der Waals surface area contributed by atoms with Gasteiger partial charge < -0.3 is 9.88 Å². The van der Waals surface area contributed by atoms with Gasteiger partial charge in [0, 0.05) is 51.0 Å². The molecular weight excluding hydrogens is 340 g/mol. The summed E-state index contributed by atoms with van der Waals surface area (Å²) in [5, 5.41) is 4.07. The molecule has 8 heteroatoms. The van der Waals surface area contributed by atoms with Gasteiger partial charge in [-0.3, -0.25) is 9.69 Å². The average Bonchev–Trinajstić information content (AvgIpc) is 2.98. The molecular formula is C17H24N4O3S. The number of carbonyl (C=O) groups excluding carboxylic acids is 1. The molecule has 1 saturated heterocycles. The summed E-state index contributed by atoms with van der Waals surface area (Å²) >= 11 is 0. The molecule has 25 heavy (non-hydrogen) atoms. The Morgan fingerprint density at radius 1 is 1.12 bits per heavy atom. The molecule has 136 valence electrons. The third kappa shape index (κ3) is 4.59. The summed E-state index contributed by atoms with van der Waals surface area (Å²) in [6.07, 6.45) is 3.17. The molecule has 0 radical (unpaired) electrons. The van der Waals surface area contributed by atoms with Crippen molar-refractivity contribution >= 4 is 26.8 Å². The number of piperazine rings is 1. The van der Waals surface area contributed by atoms with Crippen LogP contribution in [0.5, 0.6) is 0 Å². The van der Waals surface area contributed by atoms with Crippen molar-refractivity contribution in [3.05, 3.63) is 36.5 Å². The highest BCUT2D eigenvalue weighted by atomic mass is 32.2. The van der Waals surface area contributed by atoms with E-state index in [2.05, 4.69) is 10.2 Å². The van der Waals surface area contributed by atoms with Crippen molar-refractivity contribution in [2.45, 2.75) is 6.54 Å². The van der Waals surface area contributed by atoms with E-state index in [-0.39, 0.29) is 5.91 Å². The average molecular weight is 364 g/mol. The van der Waals surface area contributed by atoms with Crippen LogP contribution < -0.4 is 5.32 Å². The van der Waals surface area contributed by atoms with E-state index in [1.54, 1.807) is 0 Å². The Morgan fingerprint density at radius 3 is 2.56 bits per heavy atom. The van der Waals surface area contributed by atoms with Crippen LogP contribution in [-0.4, -0.2) is 73.6 Å². The van der Waals surface area contributed by atoms with Crippen LogP contribution in [0.25, 0.3) is 10.9 Å². The lowest BCUT2D eigenvalue weighted by molar-refractivity contribution is -0.121. The number of sulfonamides is 1. The largest absolute Gasteiger partial charge is 0.353 e. The number of para-hydroxylation sites is 1. The molecule has 0 saturated carbocycles. The molecule has 2 aromatic rings. The minimum absolute atomic E-state index is 0.0175. The Hall–Kier alpha value is -1.90. The first kappa shape index (κ1) is 17.9. The number of aromatic nitrogens is 1. The summed E-state index contributed by atoms with van der Waals surface area (Å²) in [6, 6.07) is 9.98. The van der Waals surface area contributed by atoms with Crippen molar-refractivity contribution in [2.75, 3.05) is 45.5 Å². The maximum Gasteiger partial charge on any atom is 0.239 e. The molecule has 0 unspecified atom stereocenters. The number of hydrogen-bond donors (Lipinski definition) is 1. The first-order valence-electron chi connectivity index (χ1n) is 8.41. The molecule has 1 N–H and O–H groups in total. The van der Waals surface area contributed by atoms with Gasteiger partial charge in [0.15, 0.2) is 0 Å². The molecule has 1 fully saturated rings. The Bertz CT molecular complexity index is 838. The van der Waals surface area contributed by atoms with Crippen molar-refractivity contribution in [2.24, 2.45) is 0 Å². The van der Waals surface area contributed by atoms with Crippen LogP contribution in [0.4, 0.5) is 0 Å². The van der Waals surface area contributed by atoms with Gasteiger partial charge in [-0.25, -0.2) is 8.42 Å². The summed E-state index contributed by atoms with van der Waals surface area (Å²) in [7, 11) is -3.10. The Balaban J connectivity index is 1.42. The van der Waals surface area contributed by atoms with Crippen LogP contribution in [0.3, 0.4) is 0 Å². The highest BCUT2D eigenvalue weighted by Crippen LogP contribution is 2.14. The SMILES string of the molecule is CS(=O)(=O)N1CCN(CCNC(=O)Cn2ccc3ccccc32)CC1. The van der Waals surface area contributed by atoms with E-state index in [9.17, 15) is 13.2 Å². The lowest BCUT2D eigenvalue weighted by atomic mass is 10.2. The molecule has 1 aliphatic heterocycles. The van der Waals surface area contributed by atoms with Crippen LogP contribution in [0.1, 0.15) is 0 Å². The molecule has 3 rings (SSSR count). The van der Waals surface area contributed by atoms with Crippen molar-refractivity contribution < 1.29 is 13.2 Å². The summed E-state index contributed by atoms with van der Waals surface area (Å²) in [4.78, 5) is 14.3. The first-order chi connectivity index (χ1) is 11.9. The highest BCUT2D eigenvalue weighted by molar-refractivity contribution is 7.88. The molecule has 1 aromatic carbocycles. The fraction of sp³-hybridized carbons (Fsp3) is 0.471. The van der Waals surface area contributed by atoms with Gasteiger partial charge in [-0.15, -0.1) is 0 Å². The van der Waals surface area contributed by atoms with Crippen LogP contribution in [-0.2, 0) is 21.4 Å². The van der Waals surface area contributed by atoms with Crippen molar-refractivity contribution in [1.29, 1.82) is 0 Å². The second-order valence-corrected chi connectivity index (χ2v) is 8.34. The van der Waals surface area contributed by atoms with Gasteiger partial charge in [-0.1, -0.05) is 18.2 Å². The topological polar surface area (TPSA) is 74.7 Å². The lowest BCUT2D eigenvalue weighted by Crippen LogP contribution is -2.50. The second-order valence-electron chi connectivity index (χ2n) is 6.36. The van der Waals surface area contributed by atoms with E-state index in [4.69, 9.17) is 0 Å². The standard InChI is InChI=1S/C17H24N4O3S/c1-25(23,24)21-12-10-19(11-13-21)9-7-18-17(22)14-20-8-6-15-4-2-3-5-16(15)20/h2-6,8H,7,9-14H2,1H3,(H,18,22). The zero-order chi connectivity index (χ0) is 17.9. The number of benzene rings is 1. The summed E-state index contributed by atoms with van der Waals surface area (Å²) < 4.78 is 26.4. The molecule has 1 aromatic heterocycles. The van der Waals surface area contributed by atoms with Crippen molar-refractivity contribution in [1.82, 2.24) is 19.1 Å². The number of nitrogens with one attached hydrogen (secondary N) is 1. The quantitative estimate of drug-likeness (QED) is 0.802. The van der Waals surface area contributed by atoms with E-state index in [1.807, 2.05) is 41.1 Å². The zero-order valence-corrected chi connectivity index (χ0v) is 15.2. The van der Waals surface area contributed by atoms with Crippen LogP contribution in [0, 0.1) is 0 Å². The summed E-state index contributed by atoms with van der Waals surface area (Å²) in [5.74, 6) is -0.0175. The van der Waals surface area contributed by atoms with Crippen molar-refractivity contribution in [3.63, 3.8) is 0 Å². The van der Waals surface area contributed by atoms with Gasteiger partial charge in [-0.2, -0.15) is 4.31 Å². The monoisotopic (exact) mass is 364 g/mol. The number of amides is 1. The second kappa shape index (κ2) is 7.55. The first-order valence-corrected chi connectivity index (χ1v) is 10.3. The van der Waals surface area contributed by atoms with Gasteiger partial charge in [0.05, 0.1) is 6.26 Å². The Morgan fingerprint density at radius 2 is 1.84 bits per heavy atom. The van der Waals surface area contributed by atoms with E-state index in [0.717, 1.165) is 17.4 Å². The number of fused-ring (bicyclic) bond motifs is 1. The fourth-order valence-corrected chi connectivity index (χ4v) is 3.95. The van der Waals surface area contributed by atoms with E-state index >= 15 is 0 Å². The van der Waals surface area contributed by atoms with E-state index < -0.39 is 10.0 Å². The zero-order valence-electron chi connectivity index (χ0n) is 14.4. The predicted octanol–water partition coefficient (Wildman–Crippen LogP) is 0.335. The number of nitrogens with zero attached hydrogens (tertiary/aromatic N) is 3. The minimum atomic E-state index is -3.10. The maximum absolute atomic E-state index is 12.1. The molecule has 0 atom stereocenters. The molecule has 1 amide bonds. The Labute approximate surface area is 148 Å². The normalized spacial score (nSPS) is 17.0. The van der Waals surface area contributed by atoms with Crippen LogP contribution in [0.2, 0.25) is 0 Å². The summed E-state index contributed by atoms with van der Waals surface area (Å²) in [5.41, 5.74) is 1.05.